The Morgan fingerprint density at radius 1 is 1.12 bits per heavy atom. The molecule has 26 heavy (non-hydrogen) atoms. The van der Waals surface area contributed by atoms with Crippen LogP contribution in [0.25, 0.3) is 0 Å². The Labute approximate surface area is 159 Å². The molecule has 2 aliphatic rings. The maximum atomic E-state index is 13.4. The molecular formula is C21H24ClN3O. The molecule has 2 aromatic carbocycles. The molecule has 1 atom stereocenters. The summed E-state index contributed by atoms with van der Waals surface area (Å²) < 4.78 is 0. The van der Waals surface area contributed by atoms with Gasteiger partial charge in [0.15, 0.2) is 0 Å². The highest BCUT2D eigenvalue weighted by Crippen LogP contribution is 2.32. The predicted octanol–water partition coefficient (Wildman–Crippen LogP) is 2.65. The second kappa shape index (κ2) is 7.39. The third-order valence-electron chi connectivity index (χ3n) is 5.50. The monoisotopic (exact) mass is 369 g/mol. The van der Waals surface area contributed by atoms with Gasteiger partial charge in [0.25, 0.3) is 0 Å². The van der Waals surface area contributed by atoms with E-state index in [1.165, 1.54) is 11.1 Å². The fourth-order valence-electron chi connectivity index (χ4n) is 3.95. The molecule has 2 aromatic rings. The van der Waals surface area contributed by atoms with Gasteiger partial charge in [-0.3, -0.25) is 4.79 Å². The minimum absolute atomic E-state index is 0.203. The van der Waals surface area contributed by atoms with Crippen molar-refractivity contribution in [3.8, 4) is 0 Å². The third kappa shape index (κ3) is 3.50. The van der Waals surface area contributed by atoms with Crippen LogP contribution in [0.3, 0.4) is 0 Å². The van der Waals surface area contributed by atoms with Crippen molar-refractivity contribution in [1.29, 1.82) is 0 Å². The van der Waals surface area contributed by atoms with E-state index in [1.807, 2.05) is 35.2 Å². The molecule has 2 heterocycles. The van der Waals surface area contributed by atoms with E-state index in [9.17, 15) is 4.79 Å². The lowest BCUT2D eigenvalue weighted by molar-refractivity contribution is -0.146. The highest BCUT2D eigenvalue weighted by atomic mass is 35.5. The molecule has 2 aliphatic heterocycles. The second-order valence-corrected chi connectivity index (χ2v) is 7.79. The zero-order valence-electron chi connectivity index (χ0n) is 14.7. The van der Waals surface area contributed by atoms with Gasteiger partial charge in [0.2, 0.25) is 5.91 Å². The van der Waals surface area contributed by atoms with Crippen LogP contribution in [0.5, 0.6) is 0 Å². The number of nitrogens with zero attached hydrogens (tertiary/aromatic N) is 1. The van der Waals surface area contributed by atoms with E-state index in [0.29, 0.717) is 0 Å². The minimum atomic E-state index is -0.327. The van der Waals surface area contributed by atoms with Crippen LogP contribution in [0.2, 0.25) is 5.02 Å². The first kappa shape index (κ1) is 17.5. The highest BCUT2D eigenvalue weighted by molar-refractivity contribution is 6.30. The Morgan fingerprint density at radius 2 is 1.85 bits per heavy atom. The summed E-state index contributed by atoms with van der Waals surface area (Å²) in [6.07, 6.45) is 0.760. The number of halogens is 1. The average molecular weight is 370 g/mol. The first-order valence-electron chi connectivity index (χ1n) is 9.19. The van der Waals surface area contributed by atoms with Gasteiger partial charge >= 0.3 is 0 Å². The van der Waals surface area contributed by atoms with Crippen molar-refractivity contribution < 1.29 is 4.79 Å². The quantitative estimate of drug-likeness (QED) is 0.870. The number of carbonyl (C=O) groups excluding carboxylic acids is 1. The smallest absolute Gasteiger partial charge is 0.231 e. The van der Waals surface area contributed by atoms with Crippen molar-refractivity contribution in [2.75, 3.05) is 32.7 Å². The number of nitrogens with one attached hydrogen (secondary N) is 2. The second-order valence-electron chi connectivity index (χ2n) is 7.36. The predicted molar refractivity (Wildman–Crippen MR) is 104 cm³/mol. The van der Waals surface area contributed by atoms with Crippen LogP contribution in [0.4, 0.5) is 0 Å². The fraction of sp³-hybridized carbons (Fsp3) is 0.381. The molecule has 1 amide bonds. The normalized spacial score (nSPS) is 21.9. The third-order valence-corrected chi connectivity index (χ3v) is 5.75. The number of hydrogen-bond donors (Lipinski definition) is 2. The molecule has 0 saturated carbocycles. The van der Waals surface area contributed by atoms with Gasteiger partial charge in [0, 0.05) is 43.8 Å². The van der Waals surface area contributed by atoms with Gasteiger partial charge in [0.05, 0.1) is 5.41 Å². The van der Waals surface area contributed by atoms with Crippen molar-refractivity contribution in [2.45, 2.75) is 12.5 Å². The number of amides is 1. The number of hydrogen-bond acceptors (Lipinski definition) is 3. The first-order chi connectivity index (χ1) is 12.7. The summed E-state index contributed by atoms with van der Waals surface area (Å²) in [6, 6.07) is 18.4. The number of carbonyl (C=O) groups is 1. The first-order valence-corrected chi connectivity index (χ1v) is 9.57. The van der Waals surface area contributed by atoms with Gasteiger partial charge in [-0.15, -0.1) is 0 Å². The molecule has 2 fully saturated rings. The standard InChI is InChI=1S/C21H24ClN3O/c22-18-8-6-16(7-9-18)12-21(14-23-15-21)20(26)25-11-10-24-19(13-25)17-4-2-1-3-5-17/h1-9,19,23-24H,10-15H2. The molecule has 2 N–H and O–H groups in total. The molecule has 0 radical (unpaired) electrons. The Hall–Kier alpha value is -1.88. The maximum absolute atomic E-state index is 13.4. The molecule has 1 unspecified atom stereocenters. The van der Waals surface area contributed by atoms with Crippen LogP contribution in [0.15, 0.2) is 54.6 Å². The summed E-state index contributed by atoms with van der Waals surface area (Å²) in [7, 11) is 0. The number of rotatable bonds is 4. The van der Waals surface area contributed by atoms with E-state index in [-0.39, 0.29) is 17.4 Å². The number of benzene rings is 2. The molecular weight excluding hydrogens is 346 g/mol. The van der Waals surface area contributed by atoms with Crippen LogP contribution in [-0.2, 0) is 11.2 Å². The molecule has 136 valence electrons. The van der Waals surface area contributed by atoms with E-state index in [4.69, 9.17) is 11.6 Å². The SMILES string of the molecule is O=C(N1CCNC(c2ccccc2)C1)C1(Cc2ccc(Cl)cc2)CNC1. The molecule has 0 bridgehead atoms. The zero-order chi connectivity index (χ0) is 18.0. The Morgan fingerprint density at radius 3 is 2.50 bits per heavy atom. The van der Waals surface area contributed by atoms with E-state index in [1.54, 1.807) is 0 Å². The lowest BCUT2D eigenvalue weighted by atomic mass is 9.74. The Bertz CT molecular complexity index is 759. The van der Waals surface area contributed by atoms with Gasteiger partial charge in [-0.05, 0) is 29.7 Å². The highest BCUT2D eigenvalue weighted by Gasteiger charge is 2.47. The largest absolute Gasteiger partial charge is 0.339 e. The summed E-state index contributed by atoms with van der Waals surface area (Å²) >= 11 is 5.99. The van der Waals surface area contributed by atoms with Crippen LogP contribution < -0.4 is 10.6 Å². The van der Waals surface area contributed by atoms with Gasteiger partial charge in [-0.1, -0.05) is 54.1 Å². The van der Waals surface area contributed by atoms with Gasteiger partial charge in [-0.2, -0.15) is 0 Å². The van der Waals surface area contributed by atoms with Crippen molar-refractivity contribution in [3.63, 3.8) is 0 Å². The fourth-order valence-corrected chi connectivity index (χ4v) is 4.08. The summed E-state index contributed by atoms with van der Waals surface area (Å²) in [5.74, 6) is 0.272. The summed E-state index contributed by atoms with van der Waals surface area (Å²) in [4.78, 5) is 15.4. The molecule has 4 nitrogen and oxygen atoms in total. The molecule has 0 aromatic heterocycles. The number of piperazine rings is 1. The topological polar surface area (TPSA) is 44.4 Å². The molecule has 0 spiro atoms. The molecule has 5 heteroatoms. The van der Waals surface area contributed by atoms with E-state index < -0.39 is 0 Å². The summed E-state index contributed by atoms with van der Waals surface area (Å²) in [6.45, 7) is 3.81. The van der Waals surface area contributed by atoms with Crippen LogP contribution in [0.1, 0.15) is 17.2 Å². The molecule has 0 aliphatic carbocycles. The van der Waals surface area contributed by atoms with Gasteiger partial charge in [0.1, 0.15) is 0 Å². The minimum Gasteiger partial charge on any atom is -0.339 e. The van der Waals surface area contributed by atoms with Crippen molar-refractivity contribution in [2.24, 2.45) is 5.41 Å². The molecule has 4 rings (SSSR count). The maximum Gasteiger partial charge on any atom is 0.231 e. The summed E-state index contributed by atoms with van der Waals surface area (Å²) in [5, 5.41) is 7.58. The average Bonchev–Trinajstić information content (AvgIpc) is 2.66. The van der Waals surface area contributed by atoms with Crippen molar-refractivity contribution in [3.05, 3.63) is 70.7 Å². The Balaban J connectivity index is 1.48. The molecule has 2 saturated heterocycles. The van der Waals surface area contributed by atoms with Crippen LogP contribution in [-0.4, -0.2) is 43.5 Å². The van der Waals surface area contributed by atoms with Crippen LogP contribution in [0, 0.1) is 5.41 Å². The lowest BCUT2D eigenvalue weighted by Crippen LogP contribution is -2.65. The van der Waals surface area contributed by atoms with Crippen molar-refractivity contribution in [1.82, 2.24) is 15.5 Å². The van der Waals surface area contributed by atoms with Gasteiger partial charge in [-0.25, -0.2) is 0 Å². The zero-order valence-corrected chi connectivity index (χ0v) is 15.5. The van der Waals surface area contributed by atoms with Crippen molar-refractivity contribution >= 4 is 17.5 Å². The van der Waals surface area contributed by atoms with E-state index in [2.05, 4.69) is 34.9 Å². The Kier molecular flexibility index (Phi) is 4.98. The van der Waals surface area contributed by atoms with Gasteiger partial charge < -0.3 is 15.5 Å². The van der Waals surface area contributed by atoms with Crippen LogP contribution >= 0.6 is 11.6 Å². The van der Waals surface area contributed by atoms with E-state index >= 15 is 0 Å². The van der Waals surface area contributed by atoms with E-state index in [0.717, 1.165) is 44.2 Å². The lowest BCUT2D eigenvalue weighted by Gasteiger charge is -2.46. The summed E-state index contributed by atoms with van der Waals surface area (Å²) in [5.41, 5.74) is 2.08.